The molecular formula is C74H105BN4O8Si. The summed E-state index contributed by atoms with van der Waals surface area (Å²) in [5.74, 6) is 4.46. The number of anilines is 2. The van der Waals surface area contributed by atoms with E-state index >= 15 is 0 Å². The van der Waals surface area contributed by atoms with Crippen molar-refractivity contribution in [1.82, 2.24) is 9.78 Å². The fraction of sp³-hybridized carbons (Fsp3) is 0.608. The predicted octanol–water partition coefficient (Wildman–Crippen LogP) is 16.3. The number of carbonyl (C=O) groups excluding carboxylic acids is 2. The Labute approximate surface area is 529 Å². The number of hydrogen-bond acceptors (Lipinski definition) is 9. The molecule has 1 aromatic heterocycles. The molecule has 5 aliphatic carbocycles. The highest BCUT2D eigenvalue weighted by Gasteiger charge is 2.52. The van der Waals surface area contributed by atoms with Crippen molar-refractivity contribution < 1.29 is 37.9 Å². The highest BCUT2D eigenvalue weighted by Crippen LogP contribution is 2.44. The number of benzene rings is 4. The van der Waals surface area contributed by atoms with E-state index in [1.54, 1.807) is 14.2 Å². The van der Waals surface area contributed by atoms with E-state index in [4.69, 9.17) is 23.2 Å². The van der Waals surface area contributed by atoms with Crippen molar-refractivity contribution in [3.63, 3.8) is 0 Å². The molecule has 5 saturated carbocycles. The molecule has 0 unspecified atom stereocenters. The van der Waals surface area contributed by atoms with Gasteiger partial charge in [-0.15, -0.1) is 0 Å². The van der Waals surface area contributed by atoms with Gasteiger partial charge in [0.2, 0.25) is 11.8 Å². The van der Waals surface area contributed by atoms with Crippen LogP contribution in [0, 0.1) is 37.5 Å². The molecular weight excluding hydrogens is 1110 g/mol. The molecule has 0 bridgehead atoms. The van der Waals surface area contributed by atoms with E-state index in [1.807, 2.05) is 6.20 Å². The first-order valence-corrected chi connectivity index (χ1v) is 36.7. The Balaban J connectivity index is 0.000000197. The minimum Gasteiger partial charge on any atom is -0.496 e. The summed E-state index contributed by atoms with van der Waals surface area (Å²) in [5, 5.41) is 14.8. The normalized spacial score (nSPS) is 25.5. The molecule has 11 rings (SSSR count). The van der Waals surface area contributed by atoms with Crippen molar-refractivity contribution in [2.45, 2.75) is 237 Å². The van der Waals surface area contributed by atoms with Crippen LogP contribution in [-0.2, 0) is 23.3 Å². The number of carbonyl (C=O) groups is 2. The van der Waals surface area contributed by atoms with Gasteiger partial charge in [0.1, 0.15) is 11.5 Å². The van der Waals surface area contributed by atoms with E-state index in [0.717, 1.165) is 155 Å². The number of hydrogen-bond donors (Lipinski definition) is 1. The van der Waals surface area contributed by atoms with Gasteiger partial charge in [-0.25, -0.2) is 0 Å². The quantitative estimate of drug-likeness (QED) is 0.0906. The van der Waals surface area contributed by atoms with Crippen molar-refractivity contribution in [3.05, 3.63) is 120 Å². The summed E-state index contributed by atoms with van der Waals surface area (Å²) >= 11 is 0. The number of rotatable bonds is 17. The predicted molar refractivity (Wildman–Crippen MR) is 360 cm³/mol. The second-order valence-electron chi connectivity index (χ2n) is 29.8. The van der Waals surface area contributed by atoms with Crippen LogP contribution in [-0.4, -0.2) is 92.9 Å². The Morgan fingerprint density at radius 1 is 0.625 bits per heavy atom. The standard InChI is InChI=1S/C40H62BNO5Si.C34H43N3O3/c1-28-25-32(21-24-36(28)44-9)30-17-15-29(16-18-30)27-42(34-14-12-13-33(26-34)41-46-39(5,6)40(7,8)47-41)37(43)31-19-22-35(23-20-31)45-48(10,11)38(2,3)4;1-23-18-28(12-17-33(23)40-2)25-8-6-24(7-9-25)21-36(34(39)26-10-15-32(38)16-11-26)31-5-3-4-27(19-31)29-20-35-37(22-29)30-13-14-30/h12-14,21,24-26,29-31,35H,15-20,22-23,27H2,1-11H3;3-5,12,17-20,22,24-26,30,32,38H,6-11,13-16,21H2,1-2H3. The van der Waals surface area contributed by atoms with Crippen molar-refractivity contribution in [2.75, 3.05) is 37.1 Å². The van der Waals surface area contributed by atoms with Crippen LogP contribution in [0.2, 0.25) is 18.1 Å². The maximum absolute atomic E-state index is 14.6. The molecule has 2 heterocycles. The Hall–Kier alpha value is -5.25. The van der Waals surface area contributed by atoms with E-state index in [2.05, 4.69) is 186 Å². The van der Waals surface area contributed by atoms with E-state index in [0.29, 0.717) is 29.7 Å². The van der Waals surface area contributed by atoms with Crippen molar-refractivity contribution in [1.29, 1.82) is 0 Å². The summed E-state index contributed by atoms with van der Waals surface area (Å²) < 4.78 is 32.7. The number of nitrogens with zero attached hydrogens (tertiary/aromatic N) is 4. The van der Waals surface area contributed by atoms with Gasteiger partial charge in [-0.1, -0.05) is 69.3 Å². The number of aromatic nitrogens is 2. The van der Waals surface area contributed by atoms with Crippen molar-refractivity contribution in [3.8, 4) is 22.6 Å². The molecule has 4 aromatic carbocycles. The summed E-state index contributed by atoms with van der Waals surface area (Å²) in [4.78, 5) is 32.8. The fourth-order valence-electron chi connectivity index (χ4n) is 14.3. The summed E-state index contributed by atoms with van der Waals surface area (Å²) in [5.41, 5.74) is 9.49. The van der Waals surface area contributed by atoms with Gasteiger partial charge in [-0.2, -0.15) is 5.10 Å². The molecule has 5 aromatic rings. The molecule has 1 N–H and O–H groups in total. The van der Waals surface area contributed by atoms with Crippen LogP contribution >= 0.6 is 0 Å². The number of aliphatic hydroxyl groups excluding tert-OH is 1. The second-order valence-corrected chi connectivity index (χ2v) is 34.6. The third-order valence-corrected chi connectivity index (χ3v) is 26.5. The highest BCUT2D eigenvalue weighted by molar-refractivity contribution is 6.74. The van der Waals surface area contributed by atoms with Gasteiger partial charge in [-0.3, -0.25) is 14.3 Å². The maximum atomic E-state index is 14.6. The molecule has 6 fully saturated rings. The highest BCUT2D eigenvalue weighted by atomic mass is 28.4. The van der Waals surface area contributed by atoms with Crippen LogP contribution in [0.15, 0.2) is 97.3 Å². The molecule has 1 aliphatic heterocycles. The van der Waals surface area contributed by atoms with E-state index in [9.17, 15) is 14.7 Å². The molecule has 12 nitrogen and oxygen atoms in total. The number of aliphatic hydroxyl groups is 1. The van der Waals surface area contributed by atoms with Crippen LogP contribution < -0.4 is 24.7 Å². The first-order valence-electron chi connectivity index (χ1n) is 33.8. The molecule has 0 atom stereocenters. The zero-order valence-electron chi connectivity index (χ0n) is 55.7. The van der Waals surface area contributed by atoms with Crippen LogP contribution in [0.5, 0.6) is 11.5 Å². The molecule has 6 aliphatic rings. The van der Waals surface area contributed by atoms with Crippen molar-refractivity contribution >= 4 is 44.1 Å². The van der Waals surface area contributed by atoms with Gasteiger partial charge in [0, 0.05) is 54.2 Å². The monoisotopic (exact) mass is 1220 g/mol. The van der Waals surface area contributed by atoms with Gasteiger partial charge < -0.3 is 38.1 Å². The van der Waals surface area contributed by atoms with Crippen LogP contribution in [0.4, 0.5) is 11.4 Å². The summed E-state index contributed by atoms with van der Waals surface area (Å²) in [7, 11) is 1.16. The Morgan fingerprint density at radius 3 is 1.57 bits per heavy atom. The minimum atomic E-state index is -1.85. The fourth-order valence-corrected chi connectivity index (χ4v) is 15.7. The summed E-state index contributed by atoms with van der Waals surface area (Å²) in [6.45, 7) is 25.7. The zero-order chi connectivity index (χ0) is 62.7. The van der Waals surface area contributed by atoms with E-state index in [1.165, 1.54) is 35.1 Å². The lowest BCUT2D eigenvalue weighted by Gasteiger charge is -2.41. The van der Waals surface area contributed by atoms with Gasteiger partial charge in [0.15, 0.2) is 8.32 Å². The van der Waals surface area contributed by atoms with E-state index < -0.39 is 26.6 Å². The van der Waals surface area contributed by atoms with Crippen LogP contribution in [0.1, 0.15) is 204 Å². The third kappa shape index (κ3) is 15.5. The Bertz CT molecular complexity index is 3140. The largest absolute Gasteiger partial charge is 0.496 e. The smallest absolute Gasteiger partial charge is 0.494 e. The van der Waals surface area contributed by atoms with Crippen LogP contribution in [0.25, 0.3) is 11.1 Å². The molecule has 0 spiro atoms. The number of methoxy groups -OCH3 is 2. The van der Waals surface area contributed by atoms with Gasteiger partial charge in [0.25, 0.3) is 0 Å². The molecule has 476 valence electrons. The average Bonchev–Trinajstić information content (AvgIpc) is 4.20. The number of amides is 2. The van der Waals surface area contributed by atoms with E-state index in [-0.39, 0.29) is 40.9 Å². The third-order valence-electron chi connectivity index (χ3n) is 21.9. The molecule has 2 amide bonds. The topological polar surface area (TPSA) is 125 Å². The zero-order valence-corrected chi connectivity index (χ0v) is 56.7. The molecule has 88 heavy (non-hydrogen) atoms. The molecule has 14 heteroatoms. The second kappa shape index (κ2) is 27.7. The lowest BCUT2D eigenvalue weighted by atomic mass is 9.77. The first-order chi connectivity index (χ1) is 41.9. The van der Waals surface area contributed by atoms with Gasteiger partial charge >= 0.3 is 7.12 Å². The maximum Gasteiger partial charge on any atom is 0.494 e. The SMILES string of the molecule is COc1ccc(C2CCC(CN(C(=O)C3CCC(O)CC3)c3cccc(-c4cnn(C5CC5)c4)c3)CC2)cc1C.COc1ccc(C2CCC(CN(C(=O)C3CCC(O[Si](C)(C)C(C)(C)C)CC3)c3cccc(B4OC(C)(C)C(C)(C)O4)c3)CC2)cc1C. The lowest BCUT2D eigenvalue weighted by Crippen LogP contribution is -2.46. The lowest BCUT2D eigenvalue weighted by molar-refractivity contribution is -0.124. The van der Waals surface area contributed by atoms with Crippen LogP contribution in [0.3, 0.4) is 0 Å². The van der Waals surface area contributed by atoms with Gasteiger partial charge in [-0.05, 0) is 269 Å². The van der Waals surface area contributed by atoms with Crippen molar-refractivity contribution in [2.24, 2.45) is 23.7 Å². The number of ether oxygens (including phenoxy) is 2. The number of aryl methyl sites for hydroxylation is 2. The minimum absolute atomic E-state index is 0.0108. The van der Waals surface area contributed by atoms with Gasteiger partial charge in [0.05, 0.1) is 43.8 Å². The molecule has 0 radical (unpaired) electrons. The molecule has 1 saturated heterocycles. The summed E-state index contributed by atoms with van der Waals surface area (Å²) in [6, 6.07) is 30.6. The Morgan fingerprint density at radius 2 is 1.10 bits per heavy atom. The average molecular weight is 1220 g/mol. The summed E-state index contributed by atoms with van der Waals surface area (Å²) in [6.07, 6.45) is 22.2. The Kier molecular flexibility index (Phi) is 20.7. The first kappa shape index (κ1) is 65.7.